The number of nitro groups is 1. The standard InChI is InChI=1S/C19H18N4O5S2/c1-13-9-10-29-18(13)12-20-21-16-8-7-14(23(24)25)11-19(16)30(26,27)22-15-5-3-4-6-17(15)28-2/h3-12,21-22H,1-2H3/b20-12+. The fraction of sp³-hybridized carbons (Fsp3) is 0.105. The molecule has 3 rings (SSSR count). The van der Waals surface area contributed by atoms with Crippen LogP contribution in [0.15, 0.2) is 63.9 Å². The van der Waals surface area contributed by atoms with Crippen molar-refractivity contribution in [3.8, 4) is 5.75 Å². The highest BCUT2D eigenvalue weighted by atomic mass is 32.2. The Morgan fingerprint density at radius 3 is 2.60 bits per heavy atom. The van der Waals surface area contributed by atoms with Gasteiger partial charge in [0.15, 0.2) is 0 Å². The van der Waals surface area contributed by atoms with Crippen molar-refractivity contribution in [2.24, 2.45) is 5.10 Å². The fourth-order valence-electron chi connectivity index (χ4n) is 2.55. The number of nitrogens with one attached hydrogen (secondary N) is 2. The van der Waals surface area contributed by atoms with Gasteiger partial charge in [-0.05, 0) is 42.1 Å². The Morgan fingerprint density at radius 1 is 1.17 bits per heavy atom. The van der Waals surface area contributed by atoms with Gasteiger partial charge in [-0.2, -0.15) is 5.10 Å². The second-order valence-corrected chi connectivity index (χ2v) is 8.68. The Kier molecular flexibility index (Phi) is 6.33. The summed E-state index contributed by atoms with van der Waals surface area (Å²) in [7, 11) is -2.78. The van der Waals surface area contributed by atoms with Gasteiger partial charge in [-0.3, -0.25) is 20.3 Å². The maximum Gasteiger partial charge on any atom is 0.270 e. The first-order valence-corrected chi connectivity index (χ1v) is 11.0. The summed E-state index contributed by atoms with van der Waals surface area (Å²) in [4.78, 5) is 11.1. The Morgan fingerprint density at radius 2 is 1.93 bits per heavy atom. The predicted octanol–water partition coefficient (Wildman–Crippen LogP) is 4.22. The summed E-state index contributed by atoms with van der Waals surface area (Å²) >= 11 is 1.48. The average molecular weight is 447 g/mol. The summed E-state index contributed by atoms with van der Waals surface area (Å²) in [5, 5.41) is 17.2. The van der Waals surface area contributed by atoms with Crippen LogP contribution in [0, 0.1) is 17.0 Å². The van der Waals surface area contributed by atoms with Crippen LogP contribution in [-0.2, 0) is 10.0 Å². The Hall–Kier alpha value is -3.44. The SMILES string of the molecule is COc1ccccc1NS(=O)(=O)c1cc([N+](=O)[O-])ccc1N/N=C/c1sccc1C. The lowest BCUT2D eigenvalue weighted by Crippen LogP contribution is -2.15. The molecule has 30 heavy (non-hydrogen) atoms. The number of nitrogens with zero attached hydrogens (tertiary/aromatic N) is 2. The zero-order valence-electron chi connectivity index (χ0n) is 16.0. The van der Waals surface area contributed by atoms with E-state index < -0.39 is 14.9 Å². The summed E-state index contributed by atoms with van der Waals surface area (Å²) in [6, 6.07) is 11.9. The average Bonchev–Trinajstić information content (AvgIpc) is 3.13. The number of hydrogen-bond donors (Lipinski definition) is 2. The number of methoxy groups -OCH3 is 1. The van der Waals surface area contributed by atoms with Crippen LogP contribution in [0.3, 0.4) is 0 Å². The zero-order valence-corrected chi connectivity index (χ0v) is 17.7. The molecule has 0 saturated heterocycles. The molecule has 1 heterocycles. The first-order valence-electron chi connectivity index (χ1n) is 8.59. The molecule has 2 aromatic carbocycles. The van der Waals surface area contributed by atoms with E-state index in [1.54, 1.807) is 24.4 Å². The van der Waals surface area contributed by atoms with E-state index in [4.69, 9.17) is 4.74 Å². The van der Waals surface area contributed by atoms with E-state index >= 15 is 0 Å². The molecule has 0 saturated carbocycles. The topological polar surface area (TPSA) is 123 Å². The van der Waals surface area contributed by atoms with Gasteiger partial charge in [-0.1, -0.05) is 12.1 Å². The minimum Gasteiger partial charge on any atom is -0.495 e. The van der Waals surface area contributed by atoms with E-state index in [-0.39, 0.29) is 22.0 Å². The Balaban J connectivity index is 1.98. The van der Waals surface area contributed by atoms with Gasteiger partial charge in [-0.25, -0.2) is 8.42 Å². The molecule has 0 amide bonds. The number of para-hydroxylation sites is 2. The molecule has 0 unspecified atom stereocenters. The number of thiophene rings is 1. The number of anilines is 2. The lowest BCUT2D eigenvalue weighted by Gasteiger charge is -2.14. The molecule has 2 N–H and O–H groups in total. The maximum absolute atomic E-state index is 13.0. The molecule has 0 atom stereocenters. The van der Waals surface area contributed by atoms with Crippen molar-refractivity contribution in [1.29, 1.82) is 0 Å². The molecule has 0 bridgehead atoms. The maximum atomic E-state index is 13.0. The summed E-state index contributed by atoms with van der Waals surface area (Å²) in [6.07, 6.45) is 1.56. The number of aryl methyl sites for hydroxylation is 1. The van der Waals surface area contributed by atoms with Crippen molar-refractivity contribution >= 4 is 44.6 Å². The highest BCUT2D eigenvalue weighted by Crippen LogP contribution is 2.31. The Bertz CT molecular complexity index is 1210. The van der Waals surface area contributed by atoms with Gasteiger partial charge in [0.1, 0.15) is 10.6 Å². The second kappa shape index (κ2) is 8.93. The zero-order chi connectivity index (χ0) is 21.7. The van der Waals surface area contributed by atoms with Crippen LogP contribution >= 0.6 is 11.3 Å². The third kappa shape index (κ3) is 4.75. The largest absolute Gasteiger partial charge is 0.495 e. The summed E-state index contributed by atoms with van der Waals surface area (Å²) in [6.45, 7) is 1.93. The number of non-ortho nitro benzene ring substituents is 1. The van der Waals surface area contributed by atoms with Gasteiger partial charge in [-0.15, -0.1) is 11.3 Å². The van der Waals surface area contributed by atoms with Crippen molar-refractivity contribution in [1.82, 2.24) is 0 Å². The van der Waals surface area contributed by atoms with Crippen molar-refractivity contribution in [2.45, 2.75) is 11.8 Å². The van der Waals surface area contributed by atoms with Gasteiger partial charge < -0.3 is 4.74 Å². The van der Waals surface area contributed by atoms with E-state index in [1.807, 2.05) is 18.4 Å². The minimum atomic E-state index is -4.19. The highest BCUT2D eigenvalue weighted by Gasteiger charge is 2.23. The van der Waals surface area contributed by atoms with E-state index in [9.17, 15) is 18.5 Å². The molecule has 11 heteroatoms. The first-order chi connectivity index (χ1) is 14.3. The van der Waals surface area contributed by atoms with E-state index in [0.717, 1.165) is 16.5 Å². The molecule has 0 aliphatic carbocycles. The van der Waals surface area contributed by atoms with Gasteiger partial charge >= 0.3 is 0 Å². The fourth-order valence-corrected chi connectivity index (χ4v) is 4.58. The monoisotopic (exact) mass is 446 g/mol. The van der Waals surface area contributed by atoms with Crippen LogP contribution in [0.1, 0.15) is 10.4 Å². The second-order valence-electron chi connectivity index (χ2n) is 6.08. The Labute approximate surface area is 177 Å². The predicted molar refractivity (Wildman–Crippen MR) is 117 cm³/mol. The normalized spacial score (nSPS) is 11.4. The summed E-state index contributed by atoms with van der Waals surface area (Å²) in [5.41, 5.74) is 3.63. The molecular weight excluding hydrogens is 428 g/mol. The van der Waals surface area contributed by atoms with Crippen LogP contribution < -0.4 is 14.9 Å². The molecule has 0 fully saturated rings. The number of hydrazone groups is 1. The number of sulfonamides is 1. The van der Waals surface area contributed by atoms with Crippen LogP contribution in [-0.4, -0.2) is 26.7 Å². The molecule has 1 aromatic heterocycles. The minimum absolute atomic E-state index is 0.0912. The van der Waals surface area contributed by atoms with Crippen molar-refractivity contribution in [3.05, 3.63) is 74.5 Å². The van der Waals surface area contributed by atoms with Crippen LogP contribution in [0.2, 0.25) is 0 Å². The third-order valence-electron chi connectivity index (χ3n) is 4.09. The molecule has 9 nitrogen and oxygen atoms in total. The number of hydrogen-bond acceptors (Lipinski definition) is 8. The summed E-state index contributed by atoms with van der Waals surface area (Å²) < 4.78 is 33.6. The number of benzene rings is 2. The van der Waals surface area contributed by atoms with Crippen LogP contribution in [0.5, 0.6) is 5.75 Å². The van der Waals surface area contributed by atoms with Crippen LogP contribution in [0.4, 0.5) is 17.1 Å². The lowest BCUT2D eigenvalue weighted by molar-refractivity contribution is -0.385. The van der Waals surface area contributed by atoms with E-state index in [0.29, 0.717) is 5.75 Å². The molecule has 156 valence electrons. The van der Waals surface area contributed by atoms with E-state index in [1.165, 1.54) is 36.6 Å². The van der Waals surface area contributed by atoms with E-state index in [2.05, 4.69) is 15.2 Å². The molecule has 0 spiro atoms. The molecule has 0 aliphatic heterocycles. The smallest absolute Gasteiger partial charge is 0.270 e. The van der Waals surface area contributed by atoms with Crippen molar-refractivity contribution in [3.63, 3.8) is 0 Å². The summed E-state index contributed by atoms with van der Waals surface area (Å²) in [5.74, 6) is 0.312. The quantitative estimate of drug-likeness (QED) is 0.303. The van der Waals surface area contributed by atoms with Crippen molar-refractivity contribution in [2.75, 3.05) is 17.3 Å². The van der Waals surface area contributed by atoms with Gasteiger partial charge in [0, 0.05) is 17.0 Å². The van der Waals surface area contributed by atoms with Gasteiger partial charge in [0.2, 0.25) is 0 Å². The van der Waals surface area contributed by atoms with Crippen molar-refractivity contribution < 1.29 is 18.1 Å². The lowest BCUT2D eigenvalue weighted by atomic mass is 10.3. The number of nitro benzene ring substituents is 1. The van der Waals surface area contributed by atoms with Gasteiger partial charge in [0.05, 0.1) is 29.6 Å². The molecule has 3 aromatic rings. The van der Waals surface area contributed by atoms with Gasteiger partial charge in [0.25, 0.3) is 15.7 Å². The first kappa shape index (κ1) is 21.3. The highest BCUT2D eigenvalue weighted by molar-refractivity contribution is 7.93. The van der Waals surface area contributed by atoms with Crippen LogP contribution in [0.25, 0.3) is 0 Å². The molecule has 0 radical (unpaired) electrons. The number of rotatable bonds is 8. The molecular formula is C19H18N4O5S2. The number of ether oxygens (including phenoxy) is 1. The third-order valence-corrected chi connectivity index (χ3v) is 6.44. The molecule has 0 aliphatic rings.